The molecule has 0 unspecified atom stereocenters. The first kappa shape index (κ1) is 18.6. The zero-order chi connectivity index (χ0) is 20.2. The van der Waals surface area contributed by atoms with E-state index >= 15 is 0 Å². The Balaban J connectivity index is 2.04. The van der Waals surface area contributed by atoms with E-state index < -0.39 is 33.5 Å². The highest BCUT2D eigenvalue weighted by molar-refractivity contribution is 6.19. The van der Waals surface area contributed by atoms with Crippen molar-refractivity contribution in [1.82, 2.24) is 0 Å². The Morgan fingerprint density at radius 2 is 1.56 bits per heavy atom. The predicted molar refractivity (Wildman–Crippen MR) is 98.9 cm³/mol. The van der Waals surface area contributed by atoms with Gasteiger partial charge in [-0.2, -0.15) is 0 Å². The largest absolute Gasteiger partial charge is 0.504 e. The van der Waals surface area contributed by atoms with Crippen LogP contribution in [0.1, 0.15) is 66.7 Å². The molecule has 0 amide bonds. The first-order chi connectivity index (χ1) is 12.3. The smallest absolute Gasteiger partial charge is 0.224 e. The third-order valence-electron chi connectivity index (χ3n) is 8.46. The van der Waals surface area contributed by atoms with Gasteiger partial charge in [-0.15, -0.1) is 0 Å². The van der Waals surface area contributed by atoms with Crippen molar-refractivity contribution in [3.63, 3.8) is 0 Å². The van der Waals surface area contributed by atoms with Gasteiger partial charge in [0.15, 0.2) is 11.5 Å². The molecule has 2 saturated carbocycles. The highest BCUT2D eigenvalue weighted by Crippen LogP contribution is 2.67. The van der Waals surface area contributed by atoms with Gasteiger partial charge in [0.25, 0.3) is 0 Å². The number of aliphatic hydroxyl groups excluding tert-OH is 2. The van der Waals surface area contributed by atoms with E-state index in [-0.39, 0.29) is 23.7 Å². The number of rotatable bonds is 0. The molecule has 0 heterocycles. The summed E-state index contributed by atoms with van der Waals surface area (Å²) >= 11 is 0. The first-order valence-electron chi connectivity index (χ1n) is 9.81. The first-order valence-corrected chi connectivity index (χ1v) is 9.81. The maximum atomic E-state index is 13.4. The second kappa shape index (κ2) is 4.99. The van der Waals surface area contributed by atoms with E-state index in [0.29, 0.717) is 42.4 Å². The van der Waals surface area contributed by atoms with Crippen LogP contribution in [0.25, 0.3) is 0 Å². The van der Waals surface area contributed by atoms with E-state index in [0.717, 1.165) is 0 Å². The van der Waals surface area contributed by atoms with Crippen LogP contribution in [0.4, 0.5) is 0 Å². The number of hydrogen-bond donors (Lipinski definition) is 2. The summed E-state index contributed by atoms with van der Waals surface area (Å²) in [6.07, 6.45) is 1.28. The van der Waals surface area contributed by atoms with Gasteiger partial charge in [0.2, 0.25) is 5.78 Å². The maximum absolute atomic E-state index is 13.4. The molecule has 4 aliphatic rings. The molecule has 4 atom stereocenters. The molecule has 27 heavy (non-hydrogen) atoms. The molecule has 0 bridgehead atoms. The molecular formula is C22H28O5. The minimum Gasteiger partial charge on any atom is -0.504 e. The molecule has 0 saturated heterocycles. The number of hydrogen-bond acceptors (Lipinski definition) is 5. The molecule has 146 valence electrons. The lowest BCUT2D eigenvalue weighted by molar-refractivity contribution is -0.136. The molecule has 5 nitrogen and oxygen atoms in total. The fraction of sp³-hybridized carbons (Fsp3) is 0.682. The minimum absolute atomic E-state index is 0.0246. The van der Waals surface area contributed by atoms with E-state index in [1.165, 1.54) is 0 Å². The van der Waals surface area contributed by atoms with Crippen LogP contribution in [0.2, 0.25) is 0 Å². The van der Waals surface area contributed by atoms with E-state index in [1.807, 2.05) is 27.7 Å². The Morgan fingerprint density at radius 3 is 2.19 bits per heavy atom. The fourth-order valence-corrected chi connectivity index (χ4v) is 6.53. The Kier molecular flexibility index (Phi) is 3.44. The van der Waals surface area contributed by atoms with Crippen molar-refractivity contribution in [1.29, 1.82) is 0 Å². The Labute approximate surface area is 159 Å². The van der Waals surface area contributed by atoms with Crippen LogP contribution >= 0.6 is 0 Å². The molecule has 0 radical (unpaired) electrons. The van der Waals surface area contributed by atoms with Gasteiger partial charge in [0.1, 0.15) is 5.78 Å². The summed E-state index contributed by atoms with van der Waals surface area (Å²) in [5.41, 5.74) is -1.92. The van der Waals surface area contributed by atoms with Crippen LogP contribution in [0.3, 0.4) is 0 Å². The van der Waals surface area contributed by atoms with Gasteiger partial charge in [-0.1, -0.05) is 34.6 Å². The highest BCUT2D eigenvalue weighted by atomic mass is 16.3. The summed E-state index contributed by atoms with van der Waals surface area (Å²) < 4.78 is 0. The van der Waals surface area contributed by atoms with E-state index in [1.54, 1.807) is 6.92 Å². The second-order valence-corrected chi connectivity index (χ2v) is 10.1. The third-order valence-corrected chi connectivity index (χ3v) is 8.46. The molecule has 0 aromatic heterocycles. The lowest BCUT2D eigenvalue weighted by atomic mass is 9.46. The summed E-state index contributed by atoms with van der Waals surface area (Å²) in [4.78, 5) is 39.4. The van der Waals surface area contributed by atoms with Crippen molar-refractivity contribution < 1.29 is 24.6 Å². The molecule has 2 N–H and O–H groups in total. The van der Waals surface area contributed by atoms with Crippen molar-refractivity contribution in [2.45, 2.75) is 72.8 Å². The number of Topliss-reactive ketones (excluding diaryl/α,β-unsaturated/α-hetero) is 3. The number of carbonyl (C=O) groups is 3. The average molecular weight is 372 g/mol. The van der Waals surface area contributed by atoms with Crippen molar-refractivity contribution in [2.24, 2.45) is 21.7 Å². The summed E-state index contributed by atoms with van der Waals surface area (Å²) in [5, 5.41) is 21.5. The molecular weight excluding hydrogens is 344 g/mol. The molecule has 0 spiro atoms. The van der Waals surface area contributed by atoms with Crippen LogP contribution in [0.5, 0.6) is 0 Å². The number of fused-ring (bicyclic) bond motifs is 4. The molecule has 4 rings (SSSR count). The number of carbonyl (C=O) groups excluding carboxylic acids is 3. The van der Waals surface area contributed by atoms with Gasteiger partial charge >= 0.3 is 0 Å². The third kappa shape index (κ3) is 1.86. The Morgan fingerprint density at radius 1 is 0.926 bits per heavy atom. The fourth-order valence-electron chi connectivity index (χ4n) is 6.53. The van der Waals surface area contributed by atoms with E-state index in [4.69, 9.17) is 0 Å². The van der Waals surface area contributed by atoms with E-state index in [9.17, 15) is 24.6 Å². The van der Waals surface area contributed by atoms with Crippen LogP contribution in [-0.4, -0.2) is 33.7 Å². The number of ketones is 3. The summed E-state index contributed by atoms with van der Waals surface area (Å²) in [6, 6.07) is 0. The van der Waals surface area contributed by atoms with Gasteiger partial charge in [-0.25, -0.2) is 0 Å². The number of aliphatic hydroxyl groups is 2. The van der Waals surface area contributed by atoms with Crippen LogP contribution in [0, 0.1) is 21.7 Å². The lowest BCUT2D eigenvalue weighted by Crippen LogP contribution is -2.55. The number of allylic oxidation sites excluding steroid dienone is 2. The molecule has 2 fully saturated rings. The van der Waals surface area contributed by atoms with Crippen LogP contribution < -0.4 is 0 Å². The standard InChI is InChI=1S/C22H28O5/c1-19(2)12(24)6-8-20(3)14-11(23)10-22(5)13(25)7-9-21(22,4)15(14)16(26)17(27)18(19)20/h12,24,27H,6-10H2,1-5H3/t12-,20+,21-,22-/m0/s1. The average Bonchev–Trinajstić information content (AvgIpc) is 2.79. The topological polar surface area (TPSA) is 91.7 Å². The quantitative estimate of drug-likeness (QED) is 0.681. The van der Waals surface area contributed by atoms with Crippen molar-refractivity contribution in [2.75, 3.05) is 0 Å². The maximum Gasteiger partial charge on any atom is 0.224 e. The van der Waals surface area contributed by atoms with Crippen molar-refractivity contribution >= 4 is 17.3 Å². The van der Waals surface area contributed by atoms with Crippen molar-refractivity contribution in [3.8, 4) is 0 Å². The minimum atomic E-state index is -0.892. The Hall–Kier alpha value is -1.75. The lowest BCUT2D eigenvalue weighted by Gasteiger charge is -2.56. The van der Waals surface area contributed by atoms with Gasteiger partial charge < -0.3 is 10.2 Å². The second-order valence-electron chi connectivity index (χ2n) is 10.1. The SMILES string of the molecule is CC1(C)C2=C(O)C(=O)C3=C(C(=O)C[C@@]4(C)C(=O)CC[C@@]34C)[C@@]2(C)CC[C@@H]1O. The monoisotopic (exact) mass is 372 g/mol. The van der Waals surface area contributed by atoms with Crippen LogP contribution in [-0.2, 0) is 14.4 Å². The van der Waals surface area contributed by atoms with Crippen LogP contribution in [0.15, 0.2) is 22.5 Å². The molecule has 0 aromatic rings. The summed E-state index contributed by atoms with van der Waals surface area (Å²) in [5.74, 6) is -1.00. The highest BCUT2D eigenvalue weighted by Gasteiger charge is 2.66. The van der Waals surface area contributed by atoms with Gasteiger partial charge in [-0.05, 0) is 24.8 Å². The molecule has 4 aliphatic carbocycles. The summed E-state index contributed by atoms with van der Waals surface area (Å²) in [6.45, 7) is 9.25. The molecule has 5 heteroatoms. The van der Waals surface area contributed by atoms with Gasteiger partial charge in [-0.3, -0.25) is 14.4 Å². The zero-order valence-electron chi connectivity index (χ0n) is 16.7. The van der Waals surface area contributed by atoms with Gasteiger partial charge in [0, 0.05) is 45.6 Å². The summed E-state index contributed by atoms with van der Waals surface area (Å²) in [7, 11) is 0. The van der Waals surface area contributed by atoms with Gasteiger partial charge in [0.05, 0.1) is 6.10 Å². The normalized spacial score (nSPS) is 43.6. The zero-order valence-corrected chi connectivity index (χ0v) is 16.7. The van der Waals surface area contributed by atoms with E-state index in [2.05, 4.69) is 0 Å². The molecule has 0 aromatic carbocycles. The molecule has 0 aliphatic heterocycles. The van der Waals surface area contributed by atoms with Crippen molar-refractivity contribution in [3.05, 3.63) is 22.5 Å². The Bertz CT molecular complexity index is 875. The predicted octanol–water partition coefficient (Wildman–Crippen LogP) is 3.21.